The van der Waals surface area contributed by atoms with Gasteiger partial charge in [0, 0.05) is 6.42 Å². The Hall–Kier alpha value is -2.18. The highest BCUT2D eigenvalue weighted by Gasteiger charge is 2.24. The van der Waals surface area contributed by atoms with Crippen LogP contribution in [0.5, 0.6) is 0 Å². The third-order valence-corrected chi connectivity index (χ3v) is 14.2. The fourth-order valence-corrected chi connectivity index (χ4v) is 9.48. The van der Waals surface area contributed by atoms with Crippen molar-refractivity contribution in [2.45, 2.75) is 341 Å². The van der Waals surface area contributed by atoms with Crippen LogP contribution in [0.15, 0.2) is 48.6 Å². The normalized spacial score (nSPS) is 13.4. The summed E-state index contributed by atoms with van der Waals surface area (Å²) >= 11 is 0. The lowest BCUT2D eigenvalue weighted by atomic mass is 10.0. The Morgan fingerprint density at radius 2 is 0.743 bits per heavy atom. The number of esters is 1. The first kappa shape index (κ1) is 67.8. The van der Waals surface area contributed by atoms with Crippen LogP contribution in [0, 0.1) is 0 Å². The average molecular weight is 983 g/mol. The molecule has 0 fully saturated rings. The summed E-state index contributed by atoms with van der Waals surface area (Å²) in [6.07, 6.45) is 71.9. The van der Waals surface area contributed by atoms with Crippen LogP contribution in [0.25, 0.3) is 0 Å². The van der Waals surface area contributed by atoms with E-state index in [1.807, 2.05) is 0 Å². The topological polar surface area (TPSA) is 95.9 Å². The summed E-state index contributed by atoms with van der Waals surface area (Å²) in [4.78, 5) is 26.3. The molecule has 0 aliphatic carbocycles. The fourth-order valence-electron chi connectivity index (χ4n) is 9.48. The van der Waals surface area contributed by atoms with Gasteiger partial charge in [0.25, 0.3) is 0 Å². The highest BCUT2D eigenvalue weighted by molar-refractivity contribution is 5.77. The van der Waals surface area contributed by atoms with E-state index < -0.39 is 18.2 Å². The summed E-state index contributed by atoms with van der Waals surface area (Å²) in [5.74, 6) is -0.511. The Balaban J connectivity index is 4.60. The van der Waals surface area contributed by atoms with Crippen LogP contribution in [0.1, 0.15) is 323 Å². The molecule has 1 amide bonds. The van der Waals surface area contributed by atoms with Crippen molar-refractivity contribution in [2.75, 3.05) is 6.61 Å². The number of nitrogens with one attached hydrogen (secondary N) is 1. The Bertz CT molecular complexity index is 1190. The van der Waals surface area contributed by atoms with Gasteiger partial charge in [-0.05, 0) is 64.2 Å². The SMILES string of the molecule is CCCCC/C=C\C/C=C\C/C=C\C/C=C\CCCC(CC(=O)NC(CO)C(O)CCCCCCCCCCCCCCCCCC)OC(=O)CCCCCCCCCCCCCCCCCCCC. The first-order valence-corrected chi connectivity index (χ1v) is 30.9. The van der Waals surface area contributed by atoms with Crippen molar-refractivity contribution < 1.29 is 24.5 Å². The minimum Gasteiger partial charge on any atom is -0.462 e. The molecule has 0 spiro atoms. The van der Waals surface area contributed by atoms with Gasteiger partial charge in [-0.25, -0.2) is 0 Å². The molecule has 6 nitrogen and oxygen atoms in total. The lowest BCUT2D eigenvalue weighted by molar-refractivity contribution is -0.151. The molecular formula is C64H119NO5. The molecule has 0 saturated heterocycles. The minimum absolute atomic E-state index is 0.0434. The smallest absolute Gasteiger partial charge is 0.306 e. The van der Waals surface area contributed by atoms with E-state index in [2.05, 4.69) is 74.7 Å². The van der Waals surface area contributed by atoms with Crippen LogP contribution >= 0.6 is 0 Å². The second-order valence-corrected chi connectivity index (χ2v) is 21.1. The molecule has 3 unspecified atom stereocenters. The van der Waals surface area contributed by atoms with Crippen LogP contribution < -0.4 is 5.32 Å². The number of hydrogen-bond donors (Lipinski definition) is 3. The zero-order valence-corrected chi connectivity index (χ0v) is 46.9. The van der Waals surface area contributed by atoms with Gasteiger partial charge in [0.05, 0.1) is 25.2 Å². The van der Waals surface area contributed by atoms with Gasteiger partial charge in [0.2, 0.25) is 5.91 Å². The van der Waals surface area contributed by atoms with Crippen LogP contribution in [0.4, 0.5) is 0 Å². The number of amides is 1. The molecular weight excluding hydrogens is 863 g/mol. The van der Waals surface area contributed by atoms with Crippen LogP contribution in [-0.4, -0.2) is 46.9 Å². The van der Waals surface area contributed by atoms with Gasteiger partial charge in [-0.1, -0.05) is 294 Å². The van der Waals surface area contributed by atoms with E-state index in [0.29, 0.717) is 19.3 Å². The number of aliphatic hydroxyl groups is 2. The van der Waals surface area contributed by atoms with Crippen molar-refractivity contribution in [1.29, 1.82) is 0 Å². The Morgan fingerprint density at radius 1 is 0.414 bits per heavy atom. The quantitative estimate of drug-likeness (QED) is 0.0321. The molecule has 6 heteroatoms. The Kier molecular flexibility index (Phi) is 55.9. The maximum Gasteiger partial charge on any atom is 0.306 e. The standard InChI is InChI=1S/C64H119NO5/c1-4-7-10-13-16-19-22-25-28-31-33-36-39-42-45-48-51-54-57-64(69)70-60(55-52-49-46-43-40-37-34-32-29-26-23-20-17-14-11-8-5-2)58-63(68)65-61(59-66)62(67)56-53-50-47-44-41-38-35-30-27-24-21-18-15-12-9-6-3/h17,20,26,29,34,37,43,46,60-62,66-67H,4-16,18-19,21-25,27-28,30-33,35-36,38-42,44-45,47-59H2,1-3H3,(H,65,68)/b20-17-,29-26-,37-34-,46-43-. The van der Waals surface area contributed by atoms with Crippen LogP contribution in [-0.2, 0) is 14.3 Å². The summed E-state index contributed by atoms with van der Waals surface area (Å²) in [6, 6.07) is -0.719. The van der Waals surface area contributed by atoms with Crippen molar-refractivity contribution in [3.8, 4) is 0 Å². The van der Waals surface area contributed by atoms with Crippen LogP contribution in [0.3, 0.4) is 0 Å². The number of carbonyl (C=O) groups excluding carboxylic acids is 2. The predicted octanol–water partition coefficient (Wildman–Crippen LogP) is 19.4. The van der Waals surface area contributed by atoms with E-state index in [-0.39, 0.29) is 24.9 Å². The van der Waals surface area contributed by atoms with Gasteiger partial charge in [-0.3, -0.25) is 9.59 Å². The maximum atomic E-state index is 13.3. The van der Waals surface area contributed by atoms with Gasteiger partial charge >= 0.3 is 5.97 Å². The van der Waals surface area contributed by atoms with E-state index in [0.717, 1.165) is 70.6 Å². The largest absolute Gasteiger partial charge is 0.462 e. The van der Waals surface area contributed by atoms with Crippen LogP contribution in [0.2, 0.25) is 0 Å². The van der Waals surface area contributed by atoms with Crippen molar-refractivity contribution >= 4 is 11.9 Å². The first-order valence-electron chi connectivity index (χ1n) is 30.9. The van der Waals surface area contributed by atoms with E-state index in [1.54, 1.807) is 0 Å². The number of aliphatic hydroxyl groups excluding tert-OH is 2. The molecule has 0 heterocycles. The van der Waals surface area contributed by atoms with Crippen molar-refractivity contribution in [1.82, 2.24) is 5.32 Å². The van der Waals surface area contributed by atoms with E-state index in [4.69, 9.17) is 4.74 Å². The minimum atomic E-state index is -0.802. The Morgan fingerprint density at radius 3 is 1.13 bits per heavy atom. The van der Waals surface area contributed by atoms with Crippen molar-refractivity contribution in [3.63, 3.8) is 0 Å². The second kappa shape index (κ2) is 57.7. The number of unbranched alkanes of at least 4 members (excludes halogenated alkanes) is 36. The van der Waals surface area contributed by atoms with Gasteiger partial charge in [0.1, 0.15) is 6.10 Å². The molecule has 0 aliphatic rings. The third-order valence-electron chi connectivity index (χ3n) is 14.2. The molecule has 70 heavy (non-hydrogen) atoms. The number of rotatable bonds is 56. The lowest BCUT2D eigenvalue weighted by Gasteiger charge is -2.24. The van der Waals surface area contributed by atoms with Gasteiger partial charge in [-0.2, -0.15) is 0 Å². The lowest BCUT2D eigenvalue weighted by Crippen LogP contribution is -2.46. The van der Waals surface area contributed by atoms with E-state index in [1.165, 1.54) is 205 Å². The van der Waals surface area contributed by atoms with E-state index in [9.17, 15) is 19.8 Å². The van der Waals surface area contributed by atoms with Gasteiger partial charge < -0.3 is 20.3 Å². The first-order chi connectivity index (χ1) is 34.5. The molecule has 3 atom stereocenters. The number of carbonyl (C=O) groups is 2. The number of allylic oxidation sites excluding steroid dienone is 8. The maximum absolute atomic E-state index is 13.3. The Labute approximate surface area is 436 Å². The average Bonchev–Trinajstić information content (AvgIpc) is 3.35. The monoisotopic (exact) mass is 982 g/mol. The predicted molar refractivity (Wildman–Crippen MR) is 305 cm³/mol. The summed E-state index contributed by atoms with van der Waals surface area (Å²) in [5.41, 5.74) is 0. The summed E-state index contributed by atoms with van der Waals surface area (Å²) in [7, 11) is 0. The molecule has 0 bridgehead atoms. The molecule has 0 aromatic carbocycles. The second-order valence-electron chi connectivity index (χ2n) is 21.1. The van der Waals surface area contributed by atoms with Gasteiger partial charge in [-0.15, -0.1) is 0 Å². The summed E-state index contributed by atoms with van der Waals surface area (Å²) in [6.45, 7) is 6.49. The molecule has 0 aromatic heterocycles. The zero-order valence-electron chi connectivity index (χ0n) is 46.9. The van der Waals surface area contributed by atoms with Crippen molar-refractivity contribution in [3.05, 3.63) is 48.6 Å². The zero-order chi connectivity index (χ0) is 50.9. The molecule has 0 aliphatic heterocycles. The molecule has 0 saturated carbocycles. The highest BCUT2D eigenvalue weighted by atomic mass is 16.5. The molecule has 410 valence electrons. The summed E-state index contributed by atoms with van der Waals surface area (Å²) in [5, 5.41) is 23.9. The van der Waals surface area contributed by atoms with E-state index >= 15 is 0 Å². The number of hydrogen-bond acceptors (Lipinski definition) is 5. The summed E-state index contributed by atoms with van der Waals surface area (Å²) < 4.78 is 5.95. The third kappa shape index (κ3) is 52.2. The molecule has 0 rings (SSSR count). The molecule has 3 N–H and O–H groups in total. The fraction of sp³-hybridized carbons (Fsp3) is 0.844. The molecule has 0 aromatic rings. The number of ether oxygens (including phenoxy) is 1. The highest BCUT2D eigenvalue weighted by Crippen LogP contribution is 2.18. The van der Waals surface area contributed by atoms with Gasteiger partial charge in [0.15, 0.2) is 0 Å². The van der Waals surface area contributed by atoms with Crippen molar-refractivity contribution in [2.24, 2.45) is 0 Å². The molecule has 0 radical (unpaired) electrons.